The predicted molar refractivity (Wildman–Crippen MR) is 50.9 cm³/mol. The molecule has 1 aliphatic rings. The lowest BCUT2D eigenvalue weighted by Gasteiger charge is -1.91. The van der Waals surface area contributed by atoms with Gasteiger partial charge in [-0.05, 0) is 30.9 Å². The zero-order valence-corrected chi connectivity index (χ0v) is 7.73. The Hall–Kier alpha value is -1.09. The van der Waals surface area contributed by atoms with Crippen molar-refractivity contribution >= 4 is 22.6 Å². The molecule has 1 N–H and O–H groups in total. The highest BCUT2D eigenvalue weighted by atomic mass is 35.5. The van der Waals surface area contributed by atoms with Crippen molar-refractivity contribution in [2.75, 3.05) is 0 Å². The number of nitrogens with one attached hydrogen (secondary N) is 1. The van der Waals surface area contributed by atoms with Gasteiger partial charge in [-0.25, -0.2) is 0 Å². The van der Waals surface area contributed by atoms with Crippen LogP contribution in [0.5, 0.6) is 0 Å². The van der Waals surface area contributed by atoms with Crippen LogP contribution < -0.4 is 0 Å². The molecular weight excluding hydrogens is 186 g/mol. The van der Waals surface area contributed by atoms with E-state index in [1.165, 1.54) is 17.7 Å². The van der Waals surface area contributed by atoms with Crippen molar-refractivity contribution in [3.63, 3.8) is 0 Å². The molecule has 13 heavy (non-hydrogen) atoms. The molecular formula is C9H8ClN3. The first-order chi connectivity index (χ1) is 6.34. The van der Waals surface area contributed by atoms with E-state index in [1.54, 1.807) is 0 Å². The van der Waals surface area contributed by atoms with Gasteiger partial charge in [-0.15, -0.1) is 10.2 Å². The minimum absolute atomic E-state index is 0.473. The topological polar surface area (TPSA) is 41.6 Å². The Balaban J connectivity index is 2.40. The van der Waals surface area contributed by atoms with E-state index in [2.05, 4.69) is 15.2 Å². The first-order valence-corrected chi connectivity index (χ1v) is 4.75. The van der Waals surface area contributed by atoms with Crippen molar-refractivity contribution in [1.29, 1.82) is 0 Å². The number of aromatic nitrogens is 3. The van der Waals surface area contributed by atoms with Crippen molar-refractivity contribution in [2.45, 2.75) is 19.3 Å². The van der Waals surface area contributed by atoms with Crippen LogP contribution in [0.25, 0.3) is 11.0 Å². The second-order valence-electron chi connectivity index (χ2n) is 3.37. The molecule has 3 nitrogen and oxygen atoms in total. The van der Waals surface area contributed by atoms with Gasteiger partial charge >= 0.3 is 0 Å². The third kappa shape index (κ3) is 0.968. The highest BCUT2D eigenvalue weighted by molar-refractivity contribution is 6.29. The van der Waals surface area contributed by atoms with Crippen LogP contribution >= 0.6 is 11.6 Å². The van der Waals surface area contributed by atoms with Crippen LogP contribution in [0.15, 0.2) is 6.07 Å². The average Bonchev–Trinajstić information content (AvgIpc) is 2.64. The second-order valence-corrected chi connectivity index (χ2v) is 3.75. The molecule has 0 aromatic carbocycles. The van der Waals surface area contributed by atoms with Gasteiger partial charge in [-0.2, -0.15) is 0 Å². The molecule has 0 saturated heterocycles. The molecule has 0 atom stereocenters. The van der Waals surface area contributed by atoms with Crippen molar-refractivity contribution < 1.29 is 0 Å². The van der Waals surface area contributed by atoms with Crippen molar-refractivity contribution in [3.05, 3.63) is 22.5 Å². The van der Waals surface area contributed by atoms with Crippen LogP contribution in [0.2, 0.25) is 5.15 Å². The Bertz CT molecular complexity index is 475. The second kappa shape index (κ2) is 2.45. The molecule has 3 rings (SSSR count). The fourth-order valence-electron chi connectivity index (χ4n) is 2.01. The molecule has 66 valence electrons. The maximum atomic E-state index is 5.79. The molecule has 0 fully saturated rings. The van der Waals surface area contributed by atoms with Gasteiger partial charge in [-0.3, -0.25) is 0 Å². The standard InChI is InChI=1S/C9H8ClN3/c10-8-4-6-5-2-1-3-7(5)11-9(6)13-12-8/h4H,1-3H2,(H,11,13). The Morgan fingerprint density at radius 1 is 1.31 bits per heavy atom. The summed E-state index contributed by atoms with van der Waals surface area (Å²) in [5.74, 6) is 0. The number of fused-ring (bicyclic) bond motifs is 3. The third-order valence-electron chi connectivity index (χ3n) is 2.58. The maximum absolute atomic E-state index is 5.79. The molecule has 2 aromatic heterocycles. The van der Waals surface area contributed by atoms with Crippen LogP contribution in [-0.4, -0.2) is 15.2 Å². The van der Waals surface area contributed by atoms with Gasteiger partial charge in [0, 0.05) is 11.1 Å². The first-order valence-electron chi connectivity index (χ1n) is 4.37. The summed E-state index contributed by atoms with van der Waals surface area (Å²) in [6.45, 7) is 0. The largest absolute Gasteiger partial charge is 0.342 e. The van der Waals surface area contributed by atoms with Gasteiger partial charge in [0.15, 0.2) is 10.8 Å². The van der Waals surface area contributed by atoms with E-state index < -0.39 is 0 Å². The first kappa shape index (κ1) is 7.33. The number of aryl methyl sites for hydroxylation is 2. The minimum atomic E-state index is 0.473. The smallest absolute Gasteiger partial charge is 0.160 e. The SMILES string of the molecule is Clc1cc2c3c([nH]c2nn1)CCC3. The van der Waals surface area contributed by atoms with E-state index in [-0.39, 0.29) is 0 Å². The van der Waals surface area contributed by atoms with E-state index in [0.717, 1.165) is 23.9 Å². The maximum Gasteiger partial charge on any atom is 0.160 e. The van der Waals surface area contributed by atoms with Crippen LogP contribution in [0, 0.1) is 0 Å². The number of aromatic amines is 1. The zero-order valence-electron chi connectivity index (χ0n) is 6.97. The fraction of sp³-hybridized carbons (Fsp3) is 0.333. The van der Waals surface area contributed by atoms with Crippen molar-refractivity contribution in [1.82, 2.24) is 15.2 Å². The number of H-pyrrole nitrogens is 1. The summed E-state index contributed by atoms with van der Waals surface area (Å²) in [7, 11) is 0. The molecule has 0 radical (unpaired) electrons. The molecule has 1 aliphatic carbocycles. The molecule has 0 aliphatic heterocycles. The van der Waals surface area contributed by atoms with Gasteiger partial charge < -0.3 is 4.98 Å². The van der Waals surface area contributed by atoms with Crippen molar-refractivity contribution in [3.8, 4) is 0 Å². The molecule has 0 unspecified atom stereocenters. The Morgan fingerprint density at radius 2 is 2.23 bits per heavy atom. The van der Waals surface area contributed by atoms with E-state index >= 15 is 0 Å². The van der Waals surface area contributed by atoms with Gasteiger partial charge in [-0.1, -0.05) is 11.6 Å². The van der Waals surface area contributed by atoms with Gasteiger partial charge in [0.2, 0.25) is 0 Å². The third-order valence-corrected chi connectivity index (χ3v) is 2.76. The highest BCUT2D eigenvalue weighted by Gasteiger charge is 2.17. The van der Waals surface area contributed by atoms with Crippen LogP contribution in [0.3, 0.4) is 0 Å². The van der Waals surface area contributed by atoms with Crippen molar-refractivity contribution in [2.24, 2.45) is 0 Å². The quantitative estimate of drug-likeness (QED) is 0.696. The van der Waals surface area contributed by atoms with Gasteiger partial charge in [0.1, 0.15) is 0 Å². The molecule has 2 heterocycles. The van der Waals surface area contributed by atoms with E-state index in [0.29, 0.717) is 5.15 Å². The highest BCUT2D eigenvalue weighted by Crippen LogP contribution is 2.29. The lowest BCUT2D eigenvalue weighted by Crippen LogP contribution is -1.84. The summed E-state index contributed by atoms with van der Waals surface area (Å²) in [4.78, 5) is 3.27. The van der Waals surface area contributed by atoms with Crippen LogP contribution in [-0.2, 0) is 12.8 Å². The lowest BCUT2D eigenvalue weighted by atomic mass is 10.2. The molecule has 0 amide bonds. The molecule has 2 aromatic rings. The Morgan fingerprint density at radius 3 is 3.15 bits per heavy atom. The fourth-order valence-corrected chi connectivity index (χ4v) is 2.16. The number of halogens is 1. The Labute approximate surface area is 80.1 Å². The number of hydrogen-bond donors (Lipinski definition) is 1. The predicted octanol–water partition coefficient (Wildman–Crippen LogP) is 2.10. The summed E-state index contributed by atoms with van der Waals surface area (Å²) < 4.78 is 0. The summed E-state index contributed by atoms with van der Waals surface area (Å²) in [6.07, 6.45) is 3.50. The zero-order chi connectivity index (χ0) is 8.84. The van der Waals surface area contributed by atoms with E-state index in [9.17, 15) is 0 Å². The van der Waals surface area contributed by atoms with E-state index in [4.69, 9.17) is 11.6 Å². The number of nitrogens with zero attached hydrogens (tertiary/aromatic N) is 2. The summed E-state index contributed by atoms with van der Waals surface area (Å²) in [5, 5.41) is 9.43. The molecule has 0 bridgehead atoms. The normalized spacial score (nSPS) is 15.2. The monoisotopic (exact) mass is 193 g/mol. The van der Waals surface area contributed by atoms with E-state index in [1.807, 2.05) is 6.07 Å². The summed E-state index contributed by atoms with van der Waals surface area (Å²) in [6, 6.07) is 1.89. The number of rotatable bonds is 0. The lowest BCUT2D eigenvalue weighted by molar-refractivity contribution is 0.894. The average molecular weight is 194 g/mol. The minimum Gasteiger partial charge on any atom is -0.342 e. The van der Waals surface area contributed by atoms with Crippen LogP contribution in [0.1, 0.15) is 17.7 Å². The molecule has 0 spiro atoms. The number of hydrogen-bond acceptors (Lipinski definition) is 2. The van der Waals surface area contributed by atoms with Crippen LogP contribution in [0.4, 0.5) is 0 Å². The summed E-state index contributed by atoms with van der Waals surface area (Å²) >= 11 is 5.79. The van der Waals surface area contributed by atoms with Gasteiger partial charge in [0.25, 0.3) is 0 Å². The Kier molecular flexibility index (Phi) is 1.38. The van der Waals surface area contributed by atoms with Gasteiger partial charge in [0.05, 0.1) is 0 Å². The summed E-state index contributed by atoms with van der Waals surface area (Å²) in [5.41, 5.74) is 3.56. The molecule has 0 saturated carbocycles. The molecule has 4 heteroatoms.